The quantitative estimate of drug-likeness (QED) is 0.231. The summed E-state index contributed by atoms with van der Waals surface area (Å²) in [5.74, 6) is 39.1. The third-order valence-corrected chi connectivity index (χ3v) is 30.0. The van der Waals surface area contributed by atoms with Crippen molar-refractivity contribution in [3.63, 3.8) is 0 Å². The zero-order chi connectivity index (χ0) is 39.1. The van der Waals surface area contributed by atoms with Crippen molar-refractivity contribution >= 4 is 0 Å². The summed E-state index contributed by atoms with van der Waals surface area (Å²) in [5.41, 5.74) is 0.421. The van der Waals surface area contributed by atoms with Crippen LogP contribution in [0.25, 0.3) is 0 Å². The van der Waals surface area contributed by atoms with Crippen LogP contribution in [0.2, 0.25) is 0 Å². The number of hydrogen-bond acceptors (Lipinski definition) is 0. The predicted octanol–water partition coefficient (Wildman–Crippen LogP) is 14.3. The smallest absolute Gasteiger partial charge is 0.0115 e. The molecule has 0 aliphatic heterocycles. The highest BCUT2D eigenvalue weighted by Crippen LogP contribution is 2.82. The highest BCUT2D eigenvalue weighted by Gasteiger charge is 2.75. The van der Waals surface area contributed by atoms with Crippen molar-refractivity contribution in [1.82, 2.24) is 0 Å². The van der Waals surface area contributed by atoms with Crippen LogP contribution in [0.4, 0.5) is 0 Å². The molecule has 18 rings (SSSR count). The largest absolute Gasteiger partial charge is 0.103 e. The number of rotatable bonds is 1. The molecule has 35 atom stereocenters. The van der Waals surface area contributed by atoms with Crippen LogP contribution < -0.4 is 0 Å². The molecule has 18 saturated carbocycles. The van der Waals surface area contributed by atoms with Crippen LogP contribution in [0.15, 0.2) is 12.7 Å². The van der Waals surface area contributed by atoms with Crippen LogP contribution in [-0.4, -0.2) is 0 Å². The Kier molecular flexibility index (Phi) is 6.98. The van der Waals surface area contributed by atoms with Crippen LogP contribution in [0.3, 0.4) is 0 Å². The lowest BCUT2D eigenvalue weighted by molar-refractivity contribution is -0.295. The van der Waals surface area contributed by atoms with E-state index in [1.807, 2.05) is 0 Å². The van der Waals surface area contributed by atoms with Crippen molar-refractivity contribution in [2.24, 2.45) is 207 Å². The first-order valence-electron chi connectivity index (χ1n) is 29.6. The maximum atomic E-state index is 4.70. The highest BCUT2D eigenvalue weighted by atomic mass is 14.8. The van der Waals surface area contributed by atoms with Gasteiger partial charge in [0.1, 0.15) is 0 Å². The molecule has 18 fully saturated rings. The molecule has 330 valence electrons. The molecule has 0 aromatic heterocycles. The molecule has 0 N–H and O–H groups in total. The van der Waals surface area contributed by atoms with Gasteiger partial charge in [0, 0.05) is 0 Å². The maximum absolute atomic E-state index is 4.70. The molecule has 0 radical (unpaired) electrons. The third kappa shape index (κ3) is 4.16. The minimum absolute atomic E-state index is 0.421. The van der Waals surface area contributed by atoms with Crippen LogP contribution in [0, 0.1) is 207 Å². The first-order valence-corrected chi connectivity index (χ1v) is 29.6. The second kappa shape index (κ2) is 11.9. The zero-order valence-electron chi connectivity index (χ0n) is 38.7. The van der Waals surface area contributed by atoms with Crippen molar-refractivity contribution in [3.05, 3.63) is 12.7 Å². The molecule has 0 amide bonds. The fourth-order valence-corrected chi connectivity index (χ4v) is 30.5. The maximum Gasteiger partial charge on any atom is -0.0115 e. The lowest BCUT2D eigenvalue weighted by Gasteiger charge is -2.78. The minimum Gasteiger partial charge on any atom is -0.103 e. The Labute approximate surface area is 372 Å². The van der Waals surface area contributed by atoms with Crippen molar-refractivity contribution < 1.29 is 0 Å². The van der Waals surface area contributed by atoms with Crippen LogP contribution in [0.1, 0.15) is 155 Å². The molecule has 35 unspecified atom stereocenters. The van der Waals surface area contributed by atoms with E-state index in [1.54, 1.807) is 141 Å². The molecule has 0 nitrogen and oxygen atoms in total. The molecule has 0 aromatic rings. The fraction of sp³-hybridized carbons (Fsp3) is 0.967. The van der Waals surface area contributed by atoms with Crippen molar-refractivity contribution in [3.8, 4) is 0 Å². The fourth-order valence-electron chi connectivity index (χ4n) is 30.5. The summed E-state index contributed by atoms with van der Waals surface area (Å²) in [6.45, 7) is 7.47. The van der Waals surface area contributed by atoms with Crippen LogP contribution in [-0.2, 0) is 0 Å². The van der Waals surface area contributed by atoms with E-state index in [1.165, 1.54) is 77.4 Å². The van der Waals surface area contributed by atoms with Crippen LogP contribution in [0.5, 0.6) is 0 Å². The van der Waals surface area contributed by atoms with E-state index in [0.717, 1.165) is 130 Å². The third-order valence-electron chi connectivity index (χ3n) is 30.0. The molecule has 0 saturated heterocycles. The molecular weight excluding hydrogens is 733 g/mol. The Bertz CT molecular complexity index is 1890. The predicted molar refractivity (Wildman–Crippen MR) is 243 cm³/mol. The van der Waals surface area contributed by atoms with Gasteiger partial charge in [0.25, 0.3) is 0 Å². The number of allylic oxidation sites excluding steroid dienone is 1. The summed E-state index contributed by atoms with van der Waals surface area (Å²) in [4.78, 5) is 0. The van der Waals surface area contributed by atoms with Gasteiger partial charge in [-0.15, -0.1) is 6.58 Å². The Morgan fingerprint density at radius 3 is 0.934 bits per heavy atom. The molecule has 18 aliphatic rings. The van der Waals surface area contributed by atoms with E-state index in [0.29, 0.717) is 5.41 Å². The Morgan fingerprint density at radius 2 is 0.541 bits per heavy atom. The van der Waals surface area contributed by atoms with Gasteiger partial charge in [-0.05, 0) is 316 Å². The van der Waals surface area contributed by atoms with Crippen molar-refractivity contribution in [2.75, 3.05) is 0 Å². The molecule has 0 heteroatoms. The van der Waals surface area contributed by atoms with E-state index in [4.69, 9.17) is 6.58 Å². The van der Waals surface area contributed by atoms with E-state index in [2.05, 4.69) is 13.0 Å². The van der Waals surface area contributed by atoms with Crippen molar-refractivity contribution in [1.29, 1.82) is 0 Å². The summed E-state index contributed by atoms with van der Waals surface area (Å²) in [6, 6.07) is 0. The standard InChI is InChI=1S/C61H86/c1-3-61(2)26-31-9-5-8-29-13-34-17-37-20-40-21-39-19-36-16-33-14-30-11-10-27-6-4-7-28-12-32-15-35-18-38-22-41-23-42-24-43-25-44(61)60(46(29)31)59(34)58(43)57(37)56(42)55(40)54(41)53(39)52(38)51(36)50(35)49(33)48(32)47(30)45(27)28/h3,27-60H,1,4-26H2,2H3. The molecular formula is C61H86. The average molecular weight is 819 g/mol. The first kappa shape index (κ1) is 35.9. The van der Waals surface area contributed by atoms with Gasteiger partial charge in [0.2, 0.25) is 0 Å². The lowest BCUT2D eigenvalue weighted by Crippen LogP contribution is -2.72. The van der Waals surface area contributed by atoms with Gasteiger partial charge in [-0.3, -0.25) is 0 Å². The molecule has 61 heavy (non-hydrogen) atoms. The van der Waals surface area contributed by atoms with Gasteiger partial charge in [-0.25, -0.2) is 0 Å². The van der Waals surface area contributed by atoms with E-state index in [-0.39, 0.29) is 0 Å². The van der Waals surface area contributed by atoms with Gasteiger partial charge in [0.15, 0.2) is 0 Å². The molecule has 0 bridgehead atoms. The summed E-state index contributed by atoms with van der Waals surface area (Å²) >= 11 is 0. The first-order chi connectivity index (χ1) is 30.0. The van der Waals surface area contributed by atoms with Gasteiger partial charge in [-0.2, -0.15) is 0 Å². The second-order valence-corrected chi connectivity index (χ2v) is 30.4. The minimum atomic E-state index is 0.421. The average Bonchev–Trinajstić information content (AvgIpc) is 3.27. The molecule has 0 spiro atoms. The molecule has 18 aliphatic carbocycles. The summed E-state index contributed by atoms with van der Waals surface area (Å²) in [6.07, 6.45) is 41.1. The SMILES string of the molecule is C=CC1(C)CC2CCCC3CC4CC5CC6CC7CC8CC9CC%10CCC%11CCCC%12CC%13CC%14CC%15CC%16CC%17CC%18CC1C(C32)C4C%18C5C%17C6C%16C7C%15C8C%14C9C%13C%10C%11%12. The summed E-state index contributed by atoms with van der Waals surface area (Å²) < 4.78 is 0. The Morgan fingerprint density at radius 1 is 0.279 bits per heavy atom. The second-order valence-electron chi connectivity index (χ2n) is 30.4. The van der Waals surface area contributed by atoms with Gasteiger partial charge in [-0.1, -0.05) is 51.5 Å². The highest BCUT2D eigenvalue weighted by molar-refractivity contribution is 5.24. The Balaban J connectivity index is 0.723. The normalized spacial score (nSPS) is 72.6. The van der Waals surface area contributed by atoms with Gasteiger partial charge >= 0.3 is 0 Å². The Hall–Kier alpha value is -0.260. The topological polar surface area (TPSA) is 0 Å². The lowest BCUT2D eigenvalue weighted by atomic mass is 9.27. The monoisotopic (exact) mass is 819 g/mol. The zero-order valence-corrected chi connectivity index (χ0v) is 38.7. The molecule has 0 aromatic carbocycles. The number of hydrogen-bond donors (Lipinski definition) is 0. The van der Waals surface area contributed by atoms with Crippen LogP contribution >= 0.6 is 0 Å². The van der Waals surface area contributed by atoms with E-state index in [9.17, 15) is 0 Å². The summed E-state index contributed by atoms with van der Waals surface area (Å²) in [5, 5.41) is 0. The van der Waals surface area contributed by atoms with Gasteiger partial charge < -0.3 is 0 Å². The van der Waals surface area contributed by atoms with Crippen molar-refractivity contribution in [2.45, 2.75) is 155 Å². The van der Waals surface area contributed by atoms with E-state index < -0.39 is 0 Å². The molecule has 0 heterocycles. The summed E-state index contributed by atoms with van der Waals surface area (Å²) in [7, 11) is 0. The van der Waals surface area contributed by atoms with E-state index >= 15 is 0 Å². The van der Waals surface area contributed by atoms with Gasteiger partial charge in [0.05, 0.1) is 0 Å².